The summed E-state index contributed by atoms with van der Waals surface area (Å²) in [6.07, 6.45) is 3.70. The normalized spacial score (nSPS) is 29.3. The van der Waals surface area contributed by atoms with Gasteiger partial charge in [0.15, 0.2) is 0 Å². The lowest BCUT2D eigenvalue weighted by Crippen LogP contribution is -2.36. The fourth-order valence-corrected chi connectivity index (χ4v) is 1.22. The van der Waals surface area contributed by atoms with Crippen molar-refractivity contribution in [1.29, 1.82) is 0 Å². The first-order chi connectivity index (χ1) is 5.36. The van der Waals surface area contributed by atoms with Crippen LogP contribution in [0.5, 0.6) is 0 Å². The van der Waals surface area contributed by atoms with Crippen molar-refractivity contribution in [1.82, 2.24) is 5.32 Å². The number of epoxide rings is 1. The second-order valence-electron chi connectivity index (χ2n) is 3.33. The summed E-state index contributed by atoms with van der Waals surface area (Å²) in [5.74, 6) is 0.542. The standard InChI is InChI=1S/C8H13NO2/c10-8(6-2-1-3-6)9-4-7-5-11-7/h6-7H,1-5H2,(H,9,10)/t7-/m1/s1. The summed E-state index contributed by atoms with van der Waals surface area (Å²) >= 11 is 0. The number of carbonyl (C=O) groups is 1. The van der Waals surface area contributed by atoms with Crippen LogP contribution in [0.3, 0.4) is 0 Å². The number of nitrogens with one attached hydrogen (secondary N) is 1. The third-order valence-corrected chi connectivity index (χ3v) is 2.38. The predicted molar refractivity (Wildman–Crippen MR) is 40.1 cm³/mol. The van der Waals surface area contributed by atoms with Gasteiger partial charge in [-0.15, -0.1) is 0 Å². The lowest BCUT2D eigenvalue weighted by Gasteiger charge is -2.23. The van der Waals surface area contributed by atoms with E-state index < -0.39 is 0 Å². The molecule has 2 rings (SSSR count). The second-order valence-corrected chi connectivity index (χ2v) is 3.33. The lowest BCUT2D eigenvalue weighted by atomic mass is 9.85. The molecule has 0 aromatic rings. The van der Waals surface area contributed by atoms with Crippen molar-refractivity contribution in [2.24, 2.45) is 5.92 Å². The van der Waals surface area contributed by atoms with Crippen LogP contribution in [0.25, 0.3) is 0 Å². The topological polar surface area (TPSA) is 41.6 Å². The van der Waals surface area contributed by atoms with Gasteiger partial charge in [0.05, 0.1) is 12.7 Å². The molecule has 1 atom stereocenters. The largest absolute Gasteiger partial charge is 0.371 e. The van der Waals surface area contributed by atoms with Crippen molar-refractivity contribution >= 4 is 5.91 Å². The van der Waals surface area contributed by atoms with Crippen LogP contribution in [-0.2, 0) is 9.53 Å². The molecule has 3 nitrogen and oxygen atoms in total. The molecule has 1 aliphatic heterocycles. The van der Waals surface area contributed by atoms with E-state index in [0.29, 0.717) is 12.0 Å². The van der Waals surface area contributed by atoms with Crippen molar-refractivity contribution in [2.75, 3.05) is 13.2 Å². The second kappa shape index (κ2) is 2.81. The van der Waals surface area contributed by atoms with Crippen LogP contribution in [0.15, 0.2) is 0 Å². The Morgan fingerprint density at radius 2 is 2.27 bits per heavy atom. The van der Waals surface area contributed by atoms with Crippen LogP contribution in [0.4, 0.5) is 0 Å². The van der Waals surface area contributed by atoms with Crippen LogP contribution in [0, 0.1) is 5.92 Å². The van der Waals surface area contributed by atoms with Crippen LogP contribution in [-0.4, -0.2) is 25.2 Å². The first-order valence-electron chi connectivity index (χ1n) is 4.25. The number of rotatable bonds is 3. The van der Waals surface area contributed by atoms with Gasteiger partial charge in [0.1, 0.15) is 0 Å². The number of ether oxygens (including phenoxy) is 1. The SMILES string of the molecule is O=C(NC[C@@H]1CO1)C1CCC1. The van der Waals surface area contributed by atoms with E-state index >= 15 is 0 Å². The summed E-state index contributed by atoms with van der Waals surface area (Å²) in [7, 11) is 0. The van der Waals surface area contributed by atoms with Crippen molar-refractivity contribution in [3.8, 4) is 0 Å². The molecule has 1 amide bonds. The van der Waals surface area contributed by atoms with E-state index in [0.717, 1.165) is 26.0 Å². The van der Waals surface area contributed by atoms with Crippen LogP contribution in [0.2, 0.25) is 0 Å². The molecule has 1 saturated heterocycles. The molecule has 0 unspecified atom stereocenters. The fraction of sp³-hybridized carbons (Fsp3) is 0.875. The Hall–Kier alpha value is -0.570. The molecule has 0 aromatic carbocycles. The summed E-state index contributed by atoms with van der Waals surface area (Å²) in [5, 5.41) is 2.88. The number of hydrogen-bond donors (Lipinski definition) is 1. The van der Waals surface area contributed by atoms with E-state index in [1.807, 2.05) is 0 Å². The highest BCUT2D eigenvalue weighted by Gasteiger charge is 2.28. The molecule has 62 valence electrons. The Morgan fingerprint density at radius 3 is 2.73 bits per heavy atom. The summed E-state index contributed by atoms with van der Waals surface area (Å²) < 4.78 is 4.98. The van der Waals surface area contributed by atoms with Crippen LogP contribution in [0.1, 0.15) is 19.3 Å². The molecule has 1 N–H and O–H groups in total. The average Bonchev–Trinajstić information content (AvgIpc) is 2.61. The summed E-state index contributed by atoms with van der Waals surface area (Å²) in [4.78, 5) is 11.2. The number of carbonyl (C=O) groups excluding carboxylic acids is 1. The molecule has 11 heavy (non-hydrogen) atoms. The maximum absolute atomic E-state index is 11.2. The maximum Gasteiger partial charge on any atom is 0.223 e. The predicted octanol–water partition coefficient (Wildman–Crippen LogP) is 0.301. The van der Waals surface area contributed by atoms with Crippen LogP contribution >= 0.6 is 0 Å². The minimum atomic E-state index is 0.228. The quantitative estimate of drug-likeness (QED) is 0.596. The van der Waals surface area contributed by atoms with E-state index in [1.165, 1.54) is 6.42 Å². The van der Waals surface area contributed by atoms with Crippen molar-refractivity contribution < 1.29 is 9.53 Å². The molecule has 0 aromatic heterocycles. The molecule has 0 radical (unpaired) electrons. The number of amides is 1. The monoisotopic (exact) mass is 155 g/mol. The van der Waals surface area contributed by atoms with Gasteiger partial charge < -0.3 is 10.1 Å². The van der Waals surface area contributed by atoms with E-state index in [4.69, 9.17) is 4.74 Å². The Balaban J connectivity index is 1.63. The smallest absolute Gasteiger partial charge is 0.223 e. The summed E-state index contributed by atoms with van der Waals surface area (Å²) in [6, 6.07) is 0. The van der Waals surface area contributed by atoms with Gasteiger partial charge in [0.25, 0.3) is 0 Å². The van der Waals surface area contributed by atoms with E-state index in [9.17, 15) is 4.79 Å². The fourth-order valence-electron chi connectivity index (χ4n) is 1.22. The zero-order chi connectivity index (χ0) is 7.68. The van der Waals surface area contributed by atoms with Crippen molar-refractivity contribution in [3.63, 3.8) is 0 Å². The Bertz CT molecular complexity index is 161. The van der Waals surface area contributed by atoms with Crippen molar-refractivity contribution in [3.05, 3.63) is 0 Å². The van der Waals surface area contributed by atoms with Crippen LogP contribution < -0.4 is 5.32 Å². The molecular formula is C8H13NO2. The zero-order valence-corrected chi connectivity index (χ0v) is 6.51. The molecule has 1 saturated carbocycles. The van der Waals surface area contributed by atoms with Gasteiger partial charge in [-0.1, -0.05) is 6.42 Å². The molecule has 3 heteroatoms. The first-order valence-corrected chi connectivity index (χ1v) is 4.25. The molecule has 1 heterocycles. The van der Waals surface area contributed by atoms with Crippen molar-refractivity contribution in [2.45, 2.75) is 25.4 Å². The molecule has 0 spiro atoms. The van der Waals surface area contributed by atoms with Gasteiger partial charge in [-0.3, -0.25) is 4.79 Å². The first kappa shape index (κ1) is 7.10. The Kier molecular flexibility index (Phi) is 1.82. The lowest BCUT2D eigenvalue weighted by molar-refractivity contribution is -0.127. The van der Waals surface area contributed by atoms with Gasteiger partial charge in [-0.05, 0) is 12.8 Å². The van der Waals surface area contributed by atoms with E-state index in [2.05, 4.69) is 5.32 Å². The highest BCUT2D eigenvalue weighted by Crippen LogP contribution is 2.26. The number of hydrogen-bond acceptors (Lipinski definition) is 2. The van der Waals surface area contributed by atoms with E-state index in [1.54, 1.807) is 0 Å². The highest BCUT2D eigenvalue weighted by atomic mass is 16.6. The molecule has 2 fully saturated rings. The third-order valence-electron chi connectivity index (χ3n) is 2.38. The average molecular weight is 155 g/mol. The molecule has 2 aliphatic rings. The third kappa shape index (κ3) is 1.71. The summed E-state index contributed by atoms with van der Waals surface area (Å²) in [6.45, 7) is 1.54. The minimum Gasteiger partial charge on any atom is -0.371 e. The Morgan fingerprint density at radius 1 is 1.55 bits per heavy atom. The maximum atomic E-state index is 11.2. The van der Waals surface area contributed by atoms with Gasteiger partial charge in [-0.2, -0.15) is 0 Å². The van der Waals surface area contributed by atoms with Gasteiger partial charge in [0, 0.05) is 12.5 Å². The highest BCUT2D eigenvalue weighted by molar-refractivity contribution is 5.79. The van der Waals surface area contributed by atoms with Gasteiger partial charge in [-0.25, -0.2) is 0 Å². The van der Waals surface area contributed by atoms with Gasteiger partial charge in [0.2, 0.25) is 5.91 Å². The molecule has 0 bridgehead atoms. The minimum absolute atomic E-state index is 0.228. The van der Waals surface area contributed by atoms with Gasteiger partial charge >= 0.3 is 0 Å². The Labute approximate surface area is 66.1 Å². The summed E-state index contributed by atoms with van der Waals surface area (Å²) in [5.41, 5.74) is 0. The zero-order valence-electron chi connectivity index (χ0n) is 6.51. The molecular weight excluding hydrogens is 142 g/mol. The molecule has 1 aliphatic carbocycles. The van der Waals surface area contributed by atoms with E-state index in [-0.39, 0.29) is 5.91 Å².